The van der Waals surface area contributed by atoms with E-state index in [1.54, 1.807) is 13.3 Å². The van der Waals surface area contributed by atoms with Gasteiger partial charge in [-0.15, -0.1) is 0 Å². The normalized spacial score (nSPS) is 12.2. The standard InChI is InChI=1S/C15H17FN2O/c1-11(13-3-5-15(19-2)6-4-13)18-9-12-7-14(16)10-17-8-12/h3-8,10-11,18H,9H2,1-2H3/t11-/m0/s1. The second kappa shape index (κ2) is 6.29. The highest BCUT2D eigenvalue weighted by Crippen LogP contribution is 2.17. The highest BCUT2D eigenvalue weighted by Gasteiger charge is 2.05. The van der Waals surface area contributed by atoms with Crippen LogP contribution in [0, 0.1) is 5.82 Å². The summed E-state index contributed by atoms with van der Waals surface area (Å²) in [6.07, 6.45) is 2.87. The molecule has 2 aromatic rings. The molecular weight excluding hydrogens is 243 g/mol. The molecule has 0 saturated carbocycles. The molecule has 2 rings (SSSR count). The fourth-order valence-corrected chi connectivity index (χ4v) is 1.83. The Hall–Kier alpha value is -1.94. The molecule has 0 amide bonds. The SMILES string of the molecule is COc1ccc([C@H](C)NCc2cncc(F)c2)cc1. The Labute approximate surface area is 112 Å². The number of nitrogens with zero attached hydrogens (tertiary/aromatic N) is 1. The zero-order chi connectivity index (χ0) is 13.7. The Morgan fingerprint density at radius 1 is 1.26 bits per heavy atom. The maximum atomic E-state index is 13.0. The first-order chi connectivity index (χ1) is 9.19. The number of halogens is 1. The fraction of sp³-hybridized carbons (Fsp3) is 0.267. The summed E-state index contributed by atoms with van der Waals surface area (Å²) in [4.78, 5) is 3.83. The molecule has 19 heavy (non-hydrogen) atoms. The lowest BCUT2D eigenvalue weighted by Gasteiger charge is -2.14. The van der Waals surface area contributed by atoms with Gasteiger partial charge in [-0.3, -0.25) is 4.98 Å². The van der Waals surface area contributed by atoms with Gasteiger partial charge in [0.1, 0.15) is 11.6 Å². The monoisotopic (exact) mass is 260 g/mol. The van der Waals surface area contributed by atoms with Crippen LogP contribution in [-0.2, 0) is 6.54 Å². The second-order valence-electron chi connectivity index (χ2n) is 4.39. The molecule has 0 aliphatic rings. The van der Waals surface area contributed by atoms with Crippen molar-refractivity contribution in [1.29, 1.82) is 0 Å². The zero-order valence-electron chi connectivity index (χ0n) is 11.1. The predicted molar refractivity (Wildman–Crippen MR) is 72.4 cm³/mol. The molecule has 0 aliphatic carbocycles. The van der Waals surface area contributed by atoms with E-state index >= 15 is 0 Å². The Bertz CT molecular complexity index is 528. The Balaban J connectivity index is 1.95. The first-order valence-electron chi connectivity index (χ1n) is 6.16. The van der Waals surface area contributed by atoms with Gasteiger partial charge in [0, 0.05) is 18.8 Å². The van der Waals surface area contributed by atoms with Gasteiger partial charge < -0.3 is 10.1 Å². The number of hydrogen-bond acceptors (Lipinski definition) is 3. The summed E-state index contributed by atoms with van der Waals surface area (Å²) in [5.74, 6) is 0.529. The molecule has 0 aliphatic heterocycles. The van der Waals surface area contributed by atoms with Gasteiger partial charge >= 0.3 is 0 Å². The van der Waals surface area contributed by atoms with Gasteiger partial charge in [0.25, 0.3) is 0 Å². The van der Waals surface area contributed by atoms with Crippen molar-refractivity contribution in [2.75, 3.05) is 7.11 Å². The number of ether oxygens (including phenoxy) is 1. The molecular formula is C15H17FN2O. The largest absolute Gasteiger partial charge is 0.497 e. The van der Waals surface area contributed by atoms with Gasteiger partial charge in [0.05, 0.1) is 13.3 Å². The summed E-state index contributed by atoms with van der Waals surface area (Å²) < 4.78 is 18.1. The van der Waals surface area contributed by atoms with E-state index < -0.39 is 0 Å². The number of hydrogen-bond donors (Lipinski definition) is 1. The lowest BCUT2D eigenvalue weighted by molar-refractivity contribution is 0.414. The minimum atomic E-state index is -0.309. The molecule has 0 saturated heterocycles. The van der Waals surface area contributed by atoms with E-state index in [0.29, 0.717) is 6.54 Å². The Kier molecular flexibility index (Phi) is 4.47. The van der Waals surface area contributed by atoms with Crippen LogP contribution in [0.2, 0.25) is 0 Å². The quantitative estimate of drug-likeness (QED) is 0.897. The summed E-state index contributed by atoms with van der Waals surface area (Å²) in [7, 11) is 1.65. The van der Waals surface area contributed by atoms with Crippen molar-refractivity contribution in [3.63, 3.8) is 0 Å². The third kappa shape index (κ3) is 3.76. The molecule has 1 atom stereocenters. The molecule has 1 heterocycles. The van der Waals surface area contributed by atoms with Crippen LogP contribution in [0.4, 0.5) is 4.39 Å². The van der Waals surface area contributed by atoms with Crippen LogP contribution in [0.25, 0.3) is 0 Å². The van der Waals surface area contributed by atoms with Crippen molar-refractivity contribution >= 4 is 0 Å². The number of benzene rings is 1. The number of rotatable bonds is 5. The van der Waals surface area contributed by atoms with E-state index in [9.17, 15) is 4.39 Å². The van der Waals surface area contributed by atoms with E-state index in [4.69, 9.17) is 4.74 Å². The van der Waals surface area contributed by atoms with Gasteiger partial charge in [0.15, 0.2) is 0 Å². The summed E-state index contributed by atoms with van der Waals surface area (Å²) in [6, 6.07) is 9.55. The third-order valence-electron chi connectivity index (χ3n) is 2.99. The maximum absolute atomic E-state index is 13.0. The Morgan fingerprint density at radius 2 is 2.00 bits per heavy atom. The minimum absolute atomic E-state index is 0.175. The molecule has 3 nitrogen and oxygen atoms in total. The lowest BCUT2D eigenvalue weighted by atomic mass is 10.1. The average Bonchev–Trinajstić information content (AvgIpc) is 2.45. The molecule has 1 aromatic carbocycles. The van der Waals surface area contributed by atoms with Gasteiger partial charge in [-0.25, -0.2) is 4.39 Å². The molecule has 0 bridgehead atoms. The van der Waals surface area contributed by atoms with Crippen LogP contribution in [0.15, 0.2) is 42.7 Å². The number of methoxy groups -OCH3 is 1. The number of aromatic nitrogens is 1. The molecule has 1 N–H and O–H groups in total. The first kappa shape index (κ1) is 13.5. The van der Waals surface area contributed by atoms with E-state index in [2.05, 4.69) is 17.2 Å². The van der Waals surface area contributed by atoms with E-state index in [0.717, 1.165) is 16.9 Å². The van der Waals surface area contributed by atoms with Gasteiger partial charge in [-0.1, -0.05) is 12.1 Å². The van der Waals surface area contributed by atoms with E-state index in [1.807, 2.05) is 24.3 Å². The molecule has 0 fully saturated rings. The first-order valence-corrected chi connectivity index (χ1v) is 6.16. The van der Waals surface area contributed by atoms with Crippen molar-refractivity contribution in [2.45, 2.75) is 19.5 Å². The fourth-order valence-electron chi connectivity index (χ4n) is 1.83. The zero-order valence-corrected chi connectivity index (χ0v) is 11.1. The van der Waals surface area contributed by atoms with Crippen LogP contribution in [0.1, 0.15) is 24.1 Å². The number of nitrogens with one attached hydrogen (secondary N) is 1. The molecule has 0 spiro atoms. The lowest BCUT2D eigenvalue weighted by Crippen LogP contribution is -2.18. The van der Waals surface area contributed by atoms with Crippen molar-refractivity contribution in [3.8, 4) is 5.75 Å². The van der Waals surface area contributed by atoms with Crippen LogP contribution in [0.3, 0.4) is 0 Å². The highest BCUT2D eigenvalue weighted by atomic mass is 19.1. The van der Waals surface area contributed by atoms with E-state index in [-0.39, 0.29) is 11.9 Å². The van der Waals surface area contributed by atoms with Gasteiger partial charge in [-0.05, 0) is 36.2 Å². The van der Waals surface area contributed by atoms with Crippen molar-refractivity contribution in [3.05, 3.63) is 59.7 Å². The molecule has 100 valence electrons. The average molecular weight is 260 g/mol. The Morgan fingerprint density at radius 3 is 2.63 bits per heavy atom. The third-order valence-corrected chi connectivity index (χ3v) is 2.99. The summed E-state index contributed by atoms with van der Waals surface area (Å²) in [6.45, 7) is 2.65. The van der Waals surface area contributed by atoms with Crippen molar-refractivity contribution in [1.82, 2.24) is 10.3 Å². The van der Waals surface area contributed by atoms with Gasteiger partial charge in [0.2, 0.25) is 0 Å². The van der Waals surface area contributed by atoms with E-state index in [1.165, 1.54) is 12.3 Å². The van der Waals surface area contributed by atoms with Crippen molar-refractivity contribution < 1.29 is 9.13 Å². The summed E-state index contributed by atoms with van der Waals surface area (Å²) in [5.41, 5.74) is 1.99. The molecule has 0 radical (unpaired) electrons. The highest BCUT2D eigenvalue weighted by molar-refractivity contribution is 5.28. The topological polar surface area (TPSA) is 34.1 Å². The molecule has 1 aromatic heterocycles. The molecule has 4 heteroatoms. The smallest absolute Gasteiger partial charge is 0.141 e. The second-order valence-corrected chi connectivity index (χ2v) is 4.39. The summed E-state index contributed by atoms with van der Waals surface area (Å²) >= 11 is 0. The van der Waals surface area contributed by atoms with Gasteiger partial charge in [-0.2, -0.15) is 0 Å². The van der Waals surface area contributed by atoms with Crippen LogP contribution >= 0.6 is 0 Å². The maximum Gasteiger partial charge on any atom is 0.141 e. The van der Waals surface area contributed by atoms with Crippen LogP contribution in [-0.4, -0.2) is 12.1 Å². The number of pyridine rings is 1. The van der Waals surface area contributed by atoms with Crippen molar-refractivity contribution in [2.24, 2.45) is 0 Å². The molecule has 0 unspecified atom stereocenters. The minimum Gasteiger partial charge on any atom is -0.497 e. The summed E-state index contributed by atoms with van der Waals surface area (Å²) in [5, 5.41) is 3.33. The van der Waals surface area contributed by atoms with Crippen LogP contribution in [0.5, 0.6) is 5.75 Å². The van der Waals surface area contributed by atoms with Crippen LogP contribution < -0.4 is 10.1 Å². The predicted octanol–water partition coefficient (Wildman–Crippen LogP) is 3.08.